The van der Waals surface area contributed by atoms with E-state index in [0.717, 1.165) is 11.1 Å². The molecule has 0 amide bonds. The molecule has 2 fully saturated rings. The Bertz CT molecular complexity index is 1170. The lowest BCUT2D eigenvalue weighted by Gasteiger charge is -2.14. The molecule has 0 saturated carbocycles. The lowest BCUT2D eigenvalue weighted by atomic mass is 9.96. The molecule has 0 aromatic heterocycles. The van der Waals surface area contributed by atoms with Gasteiger partial charge in [0, 0.05) is 39.0 Å². The van der Waals surface area contributed by atoms with Crippen LogP contribution in [-0.4, -0.2) is 109 Å². The third-order valence-electron chi connectivity index (χ3n) is 7.78. The van der Waals surface area contributed by atoms with Crippen molar-refractivity contribution in [3.63, 3.8) is 0 Å². The highest BCUT2D eigenvalue weighted by Crippen LogP contribution is 2.27. The lowest BCUT2D eigenvalue weighted by Crippen LogP contribution is -2.30. The van der Waals surface area contributed by atoms with E-state index < -0.39 is 73.5 Å². The number of benzene rings is 2. The van der Waals surface area contributed by atoms with E-state index in [1.165, 1.54) is 9.80 Å². The van der Waals surface area contributed by atoms with Gasteiger partial charge in [-0.2, -0.15) is 0 Å². The summed E-state index contributed by atoms with van der Waals surface area (Å²) in [6.07, 6.45) is -4.06. The number of aliphatic carboxylic acids is 2. The highest BCUT2D eigenvalue weighted by atomic mass is 19.3. The maximum Gasteiger partial charge on any atom is 0.311 e. The second-order valence-corrected chi connectivity index (χ2v) is 11.1. The van der Waals surface area contributed by atoms with Gasteiger partial charge in [0.25, 0.3) is 12.9 Å². The normalized spacial score (nSPS) is 21.5. The molecule has 0 radical (unpaired) electrons. The van der Waals surface area contributed by atoms with E-state index in [2.05, 4.69) is 0 Å². The number of alkyl halides is 4. The predicted molar refractivity (Wildman–Crippen MR) is 156 cm³/mol. The summed E-state index contributed by atoms with van der Waals surface area (Å²) in [6, 6.07) is 18.8. The number of carboxylic acid groups (broad SMARTS) is 2. The van der Waals surface area contributed by atoms with Crippen LogP contribution in [0.15, 0.2) is 60.7 Å². The second kappa shape index (κ2) is 18.2. The molecule has 2 aromatic rings. The van der Waals surface area contributed by atoms with Crippen LogP contribution >= 0.6 is 0 Å². The smallest absolute Gasteiger partial charge is 0.311 e. The van der Waals surface area contributed by atoms with E-state index in [1.54, 1.807) is 0 Å². The Labute approximate surface area is 263 Å². The first kappa shape index (κ1) is 36.4. The van der Waals surface area contributed by atoms with Gasteiger partial charge in [0.15, 0.2) is 0 Å². The fraction of sp³-hybridized carbons (Fsp3) is 0.500. The molecule has 4 rings (SSSR count). The first-order chi connectivity index (χ1) is 21.9. The van der Waals surface area contributed by atoms with Crippen LogP contribution in [0.25, 0.3) is 0 Å². The van der Waals surface area contributed by atoms with E-state index in [-0.39, 0.29) is 39.4 Å². The molecular weight excluding hydrogens is 616 g/mol. The first-order valence-electron chi connectivity index (χ1n) is 14.8. The van der Waals surface area contributed by atoms with Crippen LogP contribution in [0.5, 0.6) is 0 Å². The number of ether oxygens (including phenoxy) is 2. The number of hydrogen-bond acceptors (Lipinski definition) is 8. The van der Waals surface area contributed by atoms with Gasteiger partial charge in [-0.3, -0.25) is 29.0 Å². The van der Waals surface area contributed by atoms with Crippen LogP contribution in [-0.2, 0) is 41.5 Å². The summed E-state index contributed by atoms with van der Waals surface area (Å²) in [7, 11) is 0. The minimum Gasteiger partial charge on any atom is -0.481 e. The summed E-state index contributed by atoms with van der Waals surface area (Å²) in [5.41, 5.74) is 2.00. The molecule has 0 bridgehead atoms. The molecule has 2 aliphatic heterocycles. The molecule has 2 N–H and O–H groups in total. The molecule has 14 heteroatoms. The van der Waals surface area contributed by atoms with Crippen LogP contribution in [0.1, 0.15) is 11.1 Å². The van der Waals surface area contributed by atoms with E-state index in [9.17, 15) is 36.7 Å². The van der Waals surface area contributed by atoms with E-state index in [1.807, 2.05) is 60.7 Å². The SMILES string of the molecule is O=C(O)[C@H]1CN(CC(F)F)C[C@@H]1C(=O)OCCc1ccccc1.O=C(O)[C@H]1CN(CC(F)F)C[C@H]1C(=O)OCCc1ccccc1. The average Bonchev–Trinajstić information content (AvgIpc) is 3.63. The Kier molecular flexibility index (Phi) is 14.4. The fourth-order valence-corrected chi connectivity index (χ4v) is 5.48. The Morgan fingerprint density at radius 1 is 0.609 bits per heavy atom. The van der Waals surface area contributed by atoms with Crippen LogP contribution in [0.4, 0.5) is 17.6 Å². The number of nitrogens with zero attached hydrogens (tertiary/aromatic N) is 2. The molecule has 2 saturated heterocycles. The summed E-state index contributed by atoms with van der Waals surface area (Å²) in [5, 5.41) is 18.3. The first-order valence-corrected chi connectivity index (χ1v) is 14.8. The van der Waals surface area contributed by atoms with Crippen LogP contribution < -0.4 is 0 Å². The van der Waals surface area contributed by atoms with E-state index in [0.29, 0.717) is 12.8 Å². The van der Waals surface area contributed by atoms with E-state index >= 15 is 0 Å². The Hall–Kier alpha value is -4.04. The molecule has 252 valence electrons. The van der Waals surface area contributed by atoms with Crippen molar-refractivity contribution < 1.29 is 56.4 Å². The maximum absolute atomic E-state index is 12.4. The van der Waals surface area contributed by atoms with E-state index in [4.69, 9.17) is 19.7 Å². The van der Waals surface area contributed by atoms with Crippen molar-refractivity contribution in [2.75, 3.05) is 52.5 Å². The van der Waals surface area contributed by atoms with Gasteiger partial charge in [-0.15, -0.1) is 0 Å². The largest absolute Gasteiger partial charge is 0.481 e. The number of rotatable bonds is 14. The molecular formula is C32H38F4N2O8. The zero-order chi connectivity index (χ0) is 33.6. The van der Waals surface area contributed by atoms with Gasteiger partial charge in [0.2, 0.25) is 0 Å². The van der Waals surface area contributed by atoms with Gasteiger partial charge in [0.1, 0.15) is 0 Å². The van der Waals surface area contributed by atoms with Crippen molar-refractivity contribution in [3.05, 3.63) is 71.8 Å². The fourth-order valence-electron chi connectivity index (χ4n) is 5.48. The van der Waals surface area contributed by atoms with Crippen molar-refractivity contribution in [2.24, 2.45) is 23.7 Å². The topological polar surface area (TPSA) is 134 Å². The number of halogens is 4. The Morgan fingerprint density at radius 3 is 1.24 bits per heavy atom. The monoisotopic (exact) mass is 654 g/mol. The van der Waals surface area contributed by atoms with Crippen LogP contribution in [0.3, 0.4) is 0 Å². The minimum atomic E-state index is -2.56. The van der Waals surface area contributed by atoms with Gasteiger partial charge >= 0.3 is 23.9 Å². The third-order valence-corrected chi connectivity index (χ3v) is 7.78. The predicted octanol–water partition coefficient (Wildman–Crippen LogP) is 3.34. The number of likely N-dealkylation sites (tertiary alicyclic amines) is 2. The van der Waals surface area contributed by atoms with Gasteiger partial charge < -0.3 is 19.7 Å². The highest BCUT2D eigenvalue weighted by molar-refractivity contribution is 5.83. The Morgan fingerprint density at radius 2 is 0.935 bits per heavy atom. The third kappa shape index (κ3) is 11.7. The van der Waals surface area contributed by atoms with Crippen LogP contribution in [0.2, 0.25) is 0 Å². The number of hydrogen-bond donors (Lipinski definition) is 2. The number of carboxylic acids is 2. The molecule has 46 heavy (non-hydrogen) atoms. The number of carbonyl (C=O) groups excluding carboxylic acids is 2. The molecule has 2 aliphatic rings. The highest BCUT2D eigenvalue weighted by Gasteiger charge is 2.44. The molecule has 4 atom stereocenters. The molecule has 2 aromatic carbocycles. The van der Waals surface area contributed by atoms with Gasteiger partial charge in [-0.05, 0) is 11.1 Å². The summed E-state index contributed by atoms with van der Waals surface area (Å²) < 4.78 is 60.0. The summed E-state index contributed by atoms with van der Waals surface area (Å²) >= 11 is 0. The lowest BCUT2D eigenvalue weighted by molar-refractivity contribution is -0.155. The molecule has 0 aliphatic carbocycles. The average molecular weight is 655 g/mol. The minimum absolute atomic E-state index is 0.00846. The number of carbonyl (C=O) groups is 4. The maximum atomic E-state index is 12.4. The van der Waals surface area contributed by atoms with Gasteiger partial charge in [0.05, 0.1) is 50.0 Å². The molecule has 10 nitrogen and oxygen atoms in total. The zero-order valence-electron chi connectivity index (χ0n) is 25.1. The van der Waals surface area contributed by atoms with Crippen molar-refractivity contribution in [2.45, 2.75) is 25.7 Å². The van der Waals surface area contributed by atoms with Crippen molar-refractivity contribution in [1.29, 1.82) is 0 Å². The van der Waals surface area contributed by atoms with Crippen molar-refractivity contribution >= 4 is 23.9 Å². The van der Waals surface area contributed by atoms with Crippen molar-refractivity contribution in [3.8, 4) is 0 Å². The summed E-state index contributed by atoms with van der Waals surface area (Å²) in [4.78, 5) is 49.2. The summed E-state index contributed by atoms with van der Waals surface area (Å²) in [5.74, 6) is -7.39. The molecule has 2 heterocycles. The van der Waals surface area contributed by atoms with Gasteiger partial charge in [-0.1, -0.05) is 60.7 Å². The quantitative estimate of drug-likeness (QED) is 0.231. The Balaban J connectivity index is 0.000000250. The van der Waals surface area contributed by atoms with Gasteiger partial charge in [-0.25, -0.2) is 17.6 Å². The molecule has 0 spiro atoms. The van der Waals surface area contributed by atoms with Crippen LogP contribution in [0, 0.1) is 23.7 Å². The zero-order valence-corrected chi connectivity index (χ0v) is 25.1. The molecule has 0 unspecified atom stereocenters. The standard InChI is InChI=1S/2C16H19F2NO4/c2*17-14(18)10-19-8-12(15(20)21)13(9-19)16(22)23-7-6-11-4-2-1-3-5-11/h2*1-5,12-14H,6-10H2,(H,20,21)/t12-,13+;12-,13-/m00/s1. The second-order valence-electron chi connectivity index (χ2n) is 11.1. The number of esters is 2. The van der Waals surface area contributed by atoms with Crippen molar-refractivity contribution in [1.82, 2.24) is 9.80 Å². The summed E-state index contributed by atoms with van der Waals surface area (Å²) in [6.45, 7) is -0.913.